The van der Waals surface area contributed by atoms with Crippen molar-refractivity contribution in [2.75, 3.05) is 0 Å². The van der Waals surface area contributed by atoms with Crippen molar-refractivity contribution in [1.29, 1.82) is 0 Å². The van der Waals surface area contributed by atoms with Crippen LogP contribution in [0.3, 0.4) is 0 Å². The van der Waals surface area contributed by atoms with Gasteiger partial charge in [0, 0.05) is 16.1 Å². The van der Waals surface area contributed by atoms with Gasteiger partial charge in [0.05, 0.1) is 12.1 Å². The average Bonchev–Trinajstić information content (AvgIpc) is 2.85. The molecule has 2 N–H and O–H groups in total. The number of carboxylic acids is 1. The first kappa shape index (κ1) is 14.9. The quantitative estimate of drug-likeness (QED) is 0.871. The first-order valence-electron chi connectivity index (χ1n) is 5.96. The van der Waals surface area contributed by atoms with Crippen LogP contribution in [0.15, 0.2) is 34.9 Å². The van der Waals surface area contributed by atoms with E-state index in [1.807, 2.05) is 13.0 Å². The third kappa shape index (κ3) is 3.54. The second-order valence-electron chi connectivity index (χ2n) is 4.38. The van der Waals surface area contributed by atoms with E-state index in [-0.39, 0.29) is 11.6 Å². The predicted octanol–water partition coefficient (Wildman–Crippen LogP) is 4.14. The minimum Gasteiger partial charge on any atom is -0.478 e. The van der Waals surface area contributed by atoms with Gasteiger partial charge in [0.15, 0.2) is 0 Å². The number of carboxylic acid groups (broad SMARTS) is 1. The molecule has 1 aromatic carbocycles. The molecule has 1 atom stereocenters. The van der Waals surface area contributed by atoms with E-state index in [0.29, 0.717) is 22.4 Å². The smallest absolute Gasteiger partial charge is 0.338 e. The summed E-state index contributed by atoms with van der Waals surface area (Å²) in [4.78, 5) is 10.7. The van der Waals surface area contributed by atoms with E-state index < -0.39 is 5.97 Å². The summed E-state index contributed by atoms with van der Waals surface area (Å²) < 4.78 is 5.16. The highest BCUT2D eigenvalue weighted by Gasteiger charge is 2.12. The number of aromatic carboxylic acids is 1. The van der Waals surface area contributed by atoms with Gasteiger partial charge in [-0.1, -0.05) is 29.3 Å². The standard InChI is InChI=1S/C14H13Cl2NO3/c1-8(12-3-2-10(15)5-13(12)16)17-6-11-4-9(7-20-11)14(18)19/h2-5,7-8,17H,6H2,1H3,(H,18,19). The number of hydrogen-bond acceptors (Lipinski definition) is 3. The molecule has 0 bridgehead atoms. The Balaban J connectivity index is 2.00. The highest BCUT2D eigenvalue weighted by atomic mass is 35.5. The molecule has 0 spiro atoms. The molecule has 0 aliphatic heterocycles. The first-order valence-corrected chi connectivity index (χ1v) is 6.72. The summed E-state index contributed by atoms with van der Waals surface area (Å²) in [5.74, 6) is -0.451. The molecule has 1 aromatic heterocycles. The second-order valence-corrected chi connectivity index (χ2v) is 5.22. The molecule has 106 valence electrons. The topological polar surface area (TPSA) is 62.5 Å². The monoisotopic (exact) mass is 313 g/mol. The molecule has 0 saturated carbocycles. The summed E-state index contributed by atoms with van der Waals surface area (Å²) in [5, 5.41) is 13.2. The fraction of sp³-hybridized carbons (Fsp3) is 0.214. The summed E-state index contributed by atoms with van der Waals surface area (Å²) in [6, 6.07) is 6.79. The molecule has 0 fully saturated rings. The Morgan fingerprint density at radius 3 is 2.75 bits per heavy atom. The van der Waals surface area contributed by atoms with Crippen LogP contribution in [0.25, 0.3) is 0 Å². The van der Waals surface area contributed by atoms with Gasteiger partial charge in [-0.3, -0.25) is 0 Å². The van der Waals surface area contributed by atoms with E-state index in [4.69, 9.17) is 32.7 Å². The Hall–Kier alpha value is -1.49. The van der Waals surface area contributed by atoms with Crippen molar-refractivity contribution in [3.05, 3.63) is 57.5 Å². The zero-order chi connectivity index (χ0) is 14.7. The number of halogens is 2. The van der Waals surface area contributed by atoms with Gasteiger partial charge in [0.25, 0.3) is 0 Å². The molecule has 20 heavy (non-hydrogen) atoms. The van der Waals surface area contributed by atoms with Gasteiger partial charge in [0.1, 0.15) is 12.0 Å². The lowest BCUT2D eigenvalue weighted by Crippen LogP contribution is -2.18. The highest BCUT2D eigenvalue weighted by Crippen LogP contribution is 2.26. The van der Waals surface area contributed by atoms with Crippen LogP contribution < -0.4 is 5.32 Å². The molecule has 0 amide bonds. The molecule has 4 nitrogen and oxygen atoms in total. The largest absolute Gasteiger partial charge is 0.478 e. The third-order valence-corrected chi connectivity index (χ3v) is 3.47. The minimum absolute atomic E-state index is 0.0156. The molecule has 0 radical (unpaired) electrons. The van der Waals surface area contributed by atoms with E-state index >= 15 is 0 Å². The molecule has 2 rings (SSSR count). The first-order chi connectivity index (χ1) is 9.47. The van der Waals surface area contributed by atoms with Crippen LogP contribution in [-0.2, 0) is 6.54 Å². The van der Waals surface area contributed by atoms with Crippen molar-refractivity contribution in [3.8, 4) is 0 Å². The summed E-state index contributed by atoms with van der Waals surface area (Å²) in [6.07, 6.45) is 1.22. The van der Waals surface area contributed by atoms with Gasteiger partial charge in [-0.15, -0.1) is 0 Å². The maximum atomic E-state index is 10.7. The van der Waals surface area contributed by atoms with Crippen molar-refractivity contribution in [2.24, 2.45) is 0 Å². The Labute approximate surface area is 126 Å². The SMILES string of the molecule is CC(NCc1cc(C(=O)O)co1)c1ccc(Cl)cc1Cl. The maximum Gasteiger partial charge on any atom is 0.338 e. The van der Waals surface area contributed by atoms with Gasteiger partial charge in [-0.05, 0) is 30.7 Å². The Morgan fingerprint density at radius 1 is 1.40 bits per heavy atom. The van der Waals surface area contributed by atoms with E-state index in [0.717, 1.165) is 5.56 Å². The van der Waals surface area contributed by atoms with Crippen LogP contribution in [0.4, 0.5) is 0 Å². The zero-order valence-corrected chi connectivity index (χ0v) is 12.2. The molecular weight excluding hydrogens is 301 g/mol. The van der Waals surface area contributed by atoms with Crippen LogP contribution in [0.1, 0.15) is 34.6 Å². The summed E-state index contributed by atoms with van der Waals surface area (Å²) >= 11 is 12.0. The number of furan rings is 1. The van der Waals surface area contributed by atoms with E-state index in [2.05, 4.69) is 5.32 Å². The molecule has 1 heterocycles. The van der Waals surface area contributed by atoms with Crippen molar-refractivity contribution in [1.82, 2.24) is 5.32 Å². The van der Waals surface area contributed by atoms with Gasteiger partial charge >= 0.3 is 5.97 Å². The molecular formula is C14H13Cl2NO3. The second kappa shape index (κ2) is 6.31. The van der Waals surface area contributed by atoms with Crippen LogP contribution in [-0.4, -0.2) is 11.1 Å². The number of hydrogen-bond donors (Lipinski definition) is 2. The molecule has 2 aromatic rings. The van der Waals surface area contributed by atoms with Crippen molar-refractivity contribution >= 4 is 29.2 Å². The zero-order valence-electron chi connectivity index (χ0n) is 10.7. The molecule has 6 heteroatoms. The predicted molar refractivity (Wildman–Crippen MR) is 77.4 cm³/mol. The number of carbonyl (C=O) groups is 1. The van der Waals surface area contributed by atoms with Crippen molar-refractivity contribution in [3.63, 3.8) is 0 Å². The number of benzene rings is 1. The van der Waals surface area contributed by atoms with Gasteiger partial charge in [-0.2, -0.15) is 0 Å². The Morgan fingerprint density at radius 2 is 2.15 bits per heavy atom. The fourth-order valence-electron chi connectivity index (χ4n) is 1.80. The maximum absolute atomic E-state index is 10.7. The number of rotatable bonds is 5. The lowest BCUT2D eigenvalue weighted by atomic mass is 10.1. The average molecular weight is 314 g/mol. The van der Waals surface area contributed by atoms with Crippen LogP contribution >= 0.6 is 23.2 Å². The molecule has 0 aliphatic rings. The third-order valence-electron chi connectivity index (χ3n) is 2.91. The summed E-state index contributed by atoms with van der Waals surface area (Å²) in [5.41, 5.74) is 1.06. The fourth-order valence-corrected chi connectivity index (χ4v) is 2.37. The van der Waals surface area contributed by atoms with Gasteiger partial charge in [0.2, 0.25) is 0 Å². The van der Waals surface area contributed by atoms with E-state index in [9.17, 15) is 4.79 Å². The number of nitrogens with one attached hydrogen (secondary N) is 1. The van der Waals surface area contributed by atoms with Gasteiger partial charge < -0.3 is 14.8 Å². The normalized spacial score (nSPS) is 12.3. The minimum atomic E-state index is -1.01. The molecule has 1 unspecified atom stereocenters. The Bertz CT molecular complexity index is 625. The van der Waals surface area contributed by atoms with E-state index in [1.54, 1.807) is 12.1 Å². The van der Waals surface area contributed by atoms with Crippen LogP contribution in [0, 0.1) is 0 Å². The van der Waals surface area contributed by atoms with E-state index in [1.165, 1.54) is 12.3 Å². The van der Waals surface area contributed by atoms with Crippen molar-refractivity contribution in [2.45, 2.75) is 19.5 Å². The summed E-state index contributed by atoms with van der Waals surface area (Å²) in [7, 11) is 0. The summed E-state index contributed by atoms with van der Waals surface area (Å²) in [6.45, 7) is 2.36. The van der Waals surface area contributed by atoms with Gasteiger partial charge in [-0.25, -0.2) is 4.79 Å². The van der Waals surface area contributed by atoms with Crippen LogP contribution in [0.2, 0.25) is 10.0 Å². The molecule has 0 aliphatic carbocycles. The van der Waals surface area contributed by atoms with Crippen molar-refractivity contribution < 1.29 is 14.3 Å². The Kier molecular flexibility index (Phi) is 4.70. The lowest BCUT2D eigenvalue weighted by molar-refractivity contribution is 0.0696. The lowest BCUT2D eigenvalue weighted by Gasteiger charge is -2.15. The highest BCUT2D eigenvalue weighted by molar-refractivity contribution is 6.35. The van der Waals surface area contributed by atoms with Crippen LogP contribution in [0.5, 0.6) is 0 Å². The molecule has 0 saturated heterocycles.